The number of aryl methyl sites for hydroxylation is 1. The fourth-order valence-corrected chi connectivity index (χ4v) is 3.77. The molecule has 0 aliphatic carbocycles. The first-order valence-electron chi connectivity index (χ1n) is 9.75. The Kier molecular flexibility index (Phi) is 6.60. The van der Waals surface area contributed by atoms with E-state index in [9.17, 15) is 9.59 Å². The number of carbonyl (C=O) groups excluding carboxylic acids is 2. The largest absolute Gasteiger partial charge is 0.372 e. The van der Waals surface area contributed by atoms with Crippen LogP contribution in [0.25, 0.3) is 0 Å². The number of likely N-dealkylation sites (tertiary alicyclic amines) is 2. The molecule has 8 heteroatoms. The lowest BCUT2D eigenvalue weighted by Gasteiger charge is -2.35. The van der Waals surface area contributed by atoms with Crippen LogP contribution in [0.2, 0.25) is 0 Å². The third kappa shape index (κ3) is 4.60. The Bertz CT molecular complexity index is 612. The average Bonchev–Trinajstić information content (AvgIpc) is 3.36. The number of nitrogens with zero attached hydrogens (tertiary/aromatic N) is 5. The number of carbonyl (C=O) groups is 2. The Hall–Kier alpha value is -1.96. The van der Waals surface area contributed by atoms with Crippen LogP contribution in [-0.2, 0) is 16.1 Å². The van der Waals surface area contributed by atoms with Gasteiger partial charge in [-0.2, -0.15) is 0 Å². The van der Waals surface area contributed by atoms with Crippen molar-refractivity contribution in [3.8, 4) is 0 Å². The lowest BCUT2D eigenvalue weighted by Crippen LogP contribution is -2.45. The van der Waals surface area contributed by atoms with Gasteiger partial charge in [-0.05, 0) is 45.4 Å². The van der Waals surface area contributed by atoms with E-state index >= 15 is 0 Å². The SMILES string of the molecule is CCOCC(=O)N1CCCCC1CCn1cc(C(=O)N2CCCC2)nn1. The maximum Gasteiger partial charge on any atom is 0.276 e. The summed E-state index contributed by atoms with van der Waals surface area (Å²) in [6.07, 6.45) is 7.87. The summed E-state index contributed by atoms with van der Waals surface area (Å²) in [6.45, 7) is 5.68. The number of hydrogen-bond donors (Lipinski definition) is 0. The molecule has 0 radical (unpaired) electrons. The molecule has 2 aliphatic heterocycles. The van der Waals surface area contributed by atoms with Crippen LogP contribution in [0, 0.1) is 0 Å². The highest BCUT2D eigenvalue weighted by Crippen LogP contribution is 2.20. The second-order valence-electron chi connectivity index (χ2n) is 7.03. The lowest BCUT2D eigenvalue weighted by molar-refractivity contribution is -0.139. The molecule has 0 bridgehead atoms. The number of hydrogen-bond acceptors (Lipinski definition) is 5. The number of aromatic nitrogens is 3. The maximum atomic E-state index is 12.4. The first-order chi connectivity index (χ1) is 12.7. The minimum absolute atomic E-state index is 0.0278. The van der Waals surface area contributed by atoms with Crippen LogP contribution >= 0.6 is 0 Å². The van der Waals surface area contributed by atoms with Crippen molar-refractivity contribution >= 4 is 11.8 Å². The van der Waals surface area contributed by atoms with E-state index in [0.29, 0.717) is 18.8 Å². The smallest absolute Gasteiger partial charge is 0.276 e. The number of amides is 2. The van der Waals surface area contributed by atoms with Gasteiger partial charge in [0, 0.05) is 38.8 Å². The molecule has 0 N–H and O–H groups in total. The molecule has 0 aromatic carbocycles. The zero-order valence-corrected chi connectivity index (χ0v) is 15.6. The Morgan fingerprint density at radius 2 is 1.96 bits per heavy atom. The molecule has 1 atom stereocenters. The van der Waals surface area contributed by atoms with Gasteiger partial charge >= 0.3 is 0 Å². The summed E-state index contributed by atoms with van der Waals surface area (Å²) in [4.78, 5) is 28.5. The molecule has 1 aromatic heterocycles. The van der Waals surface area contributed by atoms with Crippen molar-refractivity contribution in [3.05, 3.63) is 11.9 Å². The summed E-state index contributed by atoms with van der Waals surface area (Å²) < 4.78 is 7.00. The highest BCUT2D eigenvalue weighted by molar-refractivity contribution is 5.92. The Balaban J connectivity index is 1.53. The van der Waals surface area contributed by atoms with E-state index in [1.54, 1.807) is 10.9 Å². The van der Waals surface area contributed by atoms with Crippen LogP contribution < -0.4 is 0 Å². The fourth-order valence-electron chi connectivity index (χ4n) is 3.77. The van der Waals surface area contributed by atoms with Crippen LogP contribution in [0.5, 0.6) is 0 Å². The van der Waals surface area contributed by atoms with E-state index in [1.165, 1.54) is 0 Å². The van der Waals surface area contributed by atoms with E-state index < -0.39 is 0 Å². The van der Waals surface area contributed by atoms with Crippen molar-refractivity contribution < 1.29 is 14.3 Å². The summed E-state index contributed by atoms with van der Waals surface area (Å²) in [5, 5.41) is 8.14. The molecule has 0 saturated carbocycles. The van der Waals surface area contributed by atoms with Gasteiger partial charge in [0.25, 0.3) is 5.91 Å². The van der Waals surface area contributed by atoms with Crippen LogP contribution in [-0.4, -0.2) is 75.5 Å². The summed E-state index contributed by atoms with van der Waals surface area (Å²) in [5.74, 6) is 0.0416. The lowest BCUT2D eigenvalue weighted by atomic mass is 9.99. The monoisotopic (exact) mass is 363 g/mol. The van der Waals surface area contributed by atoms with Crippen LogP contribution in [0.1, 0.15) is 55.9 Å². The molecule has 144 valence electrons. The third-order valence-corrected chi connectivity index (χ3v) is 5.22. The van der Waals surface area contributed by atoms with Crippen molar-refractivity contribution in [2.75, 3.05) is 32.8 Å². The van der Waals surface area contributed by atoms with Crippen LogP contribution in [0.4, 0.5) is 0 Å². The standard InChI is InChI=1S/C18H29N5O3/c1-2-26-14-17(24)23-11-4-3-7-15(23)8-12-22-13-16(19-20-22)18(25)21-9-5-6-10-21/h13,15H,2-12,14H2,1H3. The molecule has 0 spiro atoms. The highest BCUT2D eigenvalue weighted by Gasteiger charge is 2.27. The topological polar surface area (TPSA) is 80.6 Å². The zero-order valence-electron chi connectivity index (χ0n) is 15.6. The minimum Gasteiger partial charge on any atom is -0.372 e. The molecular formula is C18H29N5O3. The molecule has 3 rings (SSSR count). The Morgan fingerprint density at radius 1 is 1.19 bits per heavy atom. The van der Waals surface area contributed by atoms with E-state index in [1.807, 2.05) is 16.7 Å². The van der Waals surface area contributed by atoms with Crippen molar-refractivity contribution in [1.29, 1.82) is 0 Å². The molecule has 1 aromatic rings. The summed E-state index contributed by atoms with van der Waals surface area (Å²) in [7, 11) is 0. The van der Waals surface area contributed by atoms with Crippen molar-refractivity contribution in [2.45, 2.75) is 58.0 Å². The van der Waals surface area contributed by atoms with E-state index in [2.05, 4.69) is 10.3 Å². The Morgan fingerprint density at radius 3 is 2.73 bits per heavy atom. The highest BCUT2D eigenvalue weighted by atomic mass is 16.5. The van der Waals surface area contributed by atoms with Gasteiger partial charge in [0.05, 0.1) is 6.20 Å². The predicted molar refractivity (Wildman–Crippen MR) is 95.6 cm³/mol. The van der Waals surface area contributed by atoms with E-state index in [4.69, 9.17) is 4.74 Å². The fraction of sp³-hybridized carbons (Fsp3) is 0.778. The number of ether oxygens (including phenoxy) is 1. The van der Waals surface area contributed by atoms with Gasteiger partial charge in [0.1, 0.15) is 6.61 Å². The second-order valence-corrected chi connectivity index (χ2v) is 7.03. The molecule has 1 unspecified atom stereocenters. The molecular weight excluding hydrogens is 334 g/mol. The van der Waals surface area contributed by atoms with Gasteiger partial charge in [-0.15, -0.1) is 5.10 Å². The molecule has 3 heterocycles. The molecule has 8 nitrogen and oxygen atoms in total. The number of piperidine rings is 1. The molecule has 2 saturated heterocycles. The van der Waals surface area contributed by atoms with Crippen LogP contribution in [0.3, 0.4) is 0 Å². The van der Waals surface area contributed by atoms with Crippen molar-refractivity contribution in [3.63, 3.8) is 0 Å². The third-order valence-electron chi connectivity index (χ3n) is 5.22. The van der Waals surface area contributed by atoms with Gasteiger partial charge in [0.15, 0.2) is 5.69 Å². The maximum absolute atomic E-state index is 12.4. The number of rotatable bonds is 7. The summed E-state index contributed by atoms with van der Waals surface area (Å²) in [6, 6.07) is 0.207. The molecule has 2 aliphatic rings. The van der Waals surface area contributed by atoms with E-state index in [0.717, 1.165) is 58.2 Å². The predicted octanol–water partition coefficient (Wildman–Crippen LogP) is 1.32. The van der Waals surface area contributed by atoms with E-state index in [-0.39, 0.29) is 24.5 Å². The minimum atomic E-state index is -0.0278. The first kappa shape index (κ1) is 18.8. The first-order valence-corrected chi connectivity index (χ1v) is 9.75. The molecule has 2 amide bonds. The van der Waals surface area contributed by atoms with Gasteiger partial charge in [-0.1, -0.05) is 5.21 Å². The zero-order chi connectivity index (χ0) is 18.4. The Labute approximate surface area is 154 Å². The summed E-state index contributed by atoms with van der Waals surface area (Å²) in [5.41, 5.74) is 0.417. The molecule has 2 fully saturated rings. The van der Waals surface area contributed by atoms with Gasteiger partial charge < -0.3 is 14.5 Å². The molecule has 26 heavy (non-hydrogen) atoms. The van der Waals surface area contributed by atoms with Crippen molar-refractivity contribution in [1.82, 2.24) is 24.8 Å². The summed E-state index contributed by atoms with van der Waals surface area (Å²) >= 11 is 0. The van der Waals surface area contributed by atoms with Crippen LogP contribution in [0.15, 0.2) is 6.20 Å². The average molecular weight is 363 g/mol. The second kappa shape index (κ2) is 9.12. The quantitative estimate of drug-likeness (QED) is 0.730. The van der Waals surface area contributed by atoms with Gasteiger partial charge in [0.2, 0.25) is 5.91 Å². The van der Waals surface area contributed by atoms with Crippen molar-refractivity contribution in [2.24, 2.45) is 0 Å². The van der Waals surface area contributed by atoms with Gasteiger partial charge in [-0.25, -0.2) is 0 Å². The normalized spacial score (nSPS) is 20.6. The van der Waals surface area contributed by atoms with Gasteiger partial charge in [-0.3, -0.25) is 14.3 Å².